The van der Waals surface area contributed by atoms with Gasteiger partial charge in [-0.25, -0.2) is 17.8 Å². The Morgan fingerprint density at radius 1 is 1.27 bits per heavy atom. The van der Waals surface area contributed by atoms with Gasteiger partial charge in [-0.1, -0.05) is 12.1 Å². The van der Waals surface area contributed by atoms with Gasteiger partial charge in [0.1, 0.15) is 24.7 Å². The van der Waals surface area contributed by atoms with Crippen molar-refractivity contribution in [2.45, 2.75) is 30.3 Å². The van der Waals surface area contributed by atoms with Crippen molar-refractivity contribution in [3.8, 4) is 6.07 Å². The van der Waals surface area contributed by atoms with Gasteiger partial charge in [0.2, 0.25) is 0 Å². The van der Waals surface area contributed by atoms with Crippen LogP contribution in [0.25, 0.3) is 11.0 Å². The highest BCUT2D eigenvalue weighted by atomic mass is 32.2. The van der Waals surface area contributed by atoms with Gasteiger partial charge < -0.3 is 9.72 Å². The molecule has 0 amide bonds. The van der Waals surface area contributed by atoms with E-state index in [1.165, 1.54) is 6.26 Å². The number of nitrogens with one attached hydrogen (secondary N) is 1. The number of benzene rings is 2. The number of imidazole rings is 1. The summed E-state index contributed by atoms with van der Waals surface area (Å²) < 4.78 is 43.3. The van der Waals surface area contributed by atoms with Crippen LogP contribution in [0, 0.1) is 11.3 Å². The fourth-order valence-electron chi connectivity index (χ4n) is 3.58. The summed E-state index contributed by atoms with van der Waals surface area (Å²) >= 11 is 0. The molecule has 0 aliphatic carbocycles. The normalized spacial score (nSPS) is 19.9. The Morgan fingerprint density at radius 3 is 2.73 bits per heavy atom. The van der Waals surface area contributed by atoms with E-state index in [0.717, 1.165) is 16.6 Å². The van der Waals surface area contributed by atoms with Crippen LogP contribution in [0.3, 0.4) is 0 Å². The van der Waals surface area contributed by atoms with E-state index >= 15 is 0 Å². The summed E-state index contributed by atoms with van der Waals surface area (Å²) in [5.74, 6) is 0.585. The van der Waals surface area contributed by atoms with Gasteiger partial charge in [-0.2, -0.15) is 5.26 Å². The van der Waals surface area contributed by atoms with Gasteiger partial charge in [0, 0.05) is 25.9 Å². The molecule has 1 aliphatic heterocycles. The second-order valence-electron chi connectivity index (χ2n) is 7.50. The summed E-state index contributed by atoms with van der Waals surface area (Å²) in [6.45, 7) is 1.36. The number of halogens is 1. The number of nitriles is 1. The van der Waals surface area contributed by atoms with Gasteiger partial charge in [0.15, 0.2) is 9.84 Å². The van der Waals surface area contributed by atoms with Crippen molar-refractivity contribution in [3.63, 3.8) is 0 Å². The largest absolute Gasteiger partial charge is 0.366 e. The lowest BCUT2D eigenvalue weighted by Crippen LogP contribution is -2.24. The van der Waals surface area contributed by atoms with E-state index in [1.807, 2.05) is 4.90 Å². The number of nitrogens with zero attached hydrogens (tertiary/aromatic N) is 3. The molecule has 0 spiro atoms. The number of sulfone groups is 1. The molecule has 1 aromatic heterocycles. The van der Waals surface area contributed by atoms with Crippen LogP contribution in [0.2, 0.25) is 0 Å². The van der Waals surface area contributed by atoms with Crippen LogP contribution in [0.4, 0.5) is 4.39 Å². The summed E-state index contributed by atoms with van der Waals surface area (Å²) in [5.41, 5.74) is 2.93. The number of ether oxygens (including phenoxy) is 1. The zero-order valence-electron chi connectivity index (χ0n) is 16.4. The van der Waals surface area contributed by atoms with Crippen LogP contribution in [-0.2, 0) is 27.7 Å². The molecule has 0 radical (unpaired) electrons. The monoisotopic (exact) mass is 428 g/mol. The molecule has 1 aliphatic rings. The second-order valence-corrected chi connectivity index (χ2v) is 9.52. The molecule has 7 nitrogen and oxygen atoms in total. The van der Waals surface area contributed by atoms with Crippen LogP contribution in [0.1, 0.15) is 17.0 Å². The quantitative estimate of drug-likeness (QED) is 0.648. The van der Waals surface area contributed by atoms with E-state index < -0.39 is 22.1 Å². The topological polar surface area (TPSA) is 99.1 Å². The van der Waals surface area contributed by atoms with Crippen LogP contribution >= 0.6 is 0 Å². The highest BCUT2D eigenvalue weighted by Gasteiger charge is 2.33. The number of fused-ring (bicyclic) bond motifs is 1. The average molecular weight is 428 g/mol. The molecule has 2 unspecified atom stereocenters. The smallest absolute Gasteiger partial charge is 0.175 e. The average Bonchev–Trinajstić information content (AvgIpc) is 3.27. The first-order valence-corrected chi connectivity index (χ1v) is 11.4. The lowest BCUT2D eigenvalue weighted by atomic mass is 10.2. The van der Waals surface area contributed by atoms with Crippen molar-refractivity contribution in [2.24, 2.45) is 0 Å². The third-order valence-corrected chi connectivity index (χ3v) is 6.25. The minimum absolute atomic E-state index is 0.151. The lowest BCUT2D eigenvalue weighted by molar-refractivity contribution is 0.00864. The molecule has 30 heavy (non-hydrogen) atoms. The summed E-state index contributed by atoms with van der Waals surface area (Å²) in [5, 5.41) is 8.98. The molecule has 0 bridgehead atoms. The first-order valence-electron chi connectivity index (χ1n) is 9.47. The first-order chi connectivity index (χ1) is 14.3. The van der Waals surface area contributed by atoms with Crippen molar-refractivity contribution in [3.05, 3.63) is 59.4 Å². The number of hydrogen-bond acceptors (Lipinski definition) is 6. The Kier molecular flexibility index (Phi) is 5.56. The molecule has 1 saturated heterocycles. The van der Waals surface area contributed by atoms with E-state index in [0.29, 0.717) is 24.5 Å². The van der Waals surface area contributed by atoms with Crippen molar-refractivity contribution in [1.29, 1.82) is 5.26 Å². The summed E-state index contributed by atoms with van der Waals surface area (Å²) in [6.07, 6.45) is -0.513. The maximum Gasteiger partial charge on any atom is 0.175 e. The standard InChI is InChI=1S/C21H21FN4O3S/c1-30(27,28)16-5-2-14(3-6-16)10-26-11-17(22)20(12-26)29-13-21-24-18-7-4-15(9-23)8-19(18)25-21/h2-8,17,20H,10-13H2,1H3,(H,24,25). The molecule has 0 saturated carbocycles. The van der Waals surface area contributed by atoms with Gasteiger partial charge in [0.05, 0.1) is 27.6 Å². The van der Waals surface area contributed by atoms with Crippen LogP contribution in [0.5, 0.6) is 0 Å². The molecule has 2 aromatic carbocycles. The predicted molar refractivity (Wildman–Crippen MR) is 109 cm³/mol. The Bertz CT molecular complexity index is 1200. The highest BCUT2D eigenvalue weighted by molar-refractivity contribution is 7.90. The van der Waals surface area contributed by atoms with Crippen LogP contribution in [-0.4, -0.2) is 54.9 Å². The van der Waals surface area contributed by atoms with Crippen LogP contribution in [0.15, 0.2) is 47.4 Å². The van der Waals surface area contributed by atoms with Gasteiger partial charge >= 0.3 is 0 Å². The molecule has 156 valence electrons. The van der Waals surface area contributed by atoms with Crippen molar-refractivity contribution < 1.29 is 17.5 Å². The lowest BCUT2D eigenvalue weighted by Gasteiger charge is -2.16. The van der Waals surface area contributed by atoms with Crippen molar-refractivity contribution in [2.75, 3.05) is 19.3 Å². The maximum atomic E-state index is 14.5. The number of H-pyrrole nitrogens is 1. The summed E-state index contributed by atoms with van der Waals surface area (Å²) in [4.78, 5) is 9.73. The Balaban J connectivity index is 1.35. The molecular weight excluding hydrogens is 407 g/mol. The molecule has 2 heterocycles. The molecule has 2 atom stereocenters. The van der Waals surface area contributed by atoms with E-state index in [9.17, 15) is 12.8 Å². The zero-order valence-corrected chi connectivity index (χ0v) is 17.2. The highest BCUT2D eigenvalue weighted by Crippen LogP contribution is 2.22. The van der Waals surface area contributed by atoms with Gasteiger partial charge in [0.25, 0.3) is 0 Å². The number of rotatable bonds is 6. The van der Waals surface area contributed by atoms with E-state index in [4.69, 9.17) is 10.00 Å². The Labute approximate surface area is 174 Å². The first kappa shape index (κ1) is 20.5. The van der Waals surface area contributed by atoms with Crippen molar-refractivity contribution in [1.82, 2.24) is 14.9 Å². The number of aromatic nitrogens is 2. The minimum atomic E-state index is -3.23. The third-order valence-electron chi connectivity index (χ3n) is 5.13. The number of aromatic amines is 1. The predicted octanol–water partition coefficient (Wildman–Crippen LogP) is 2.58. The molecular formula is C21H21FN4O3S. The SMILES string of the molecule is CS(=O)(=O)c1ccc(CN2CC(F)C(OCc3nc4ccc(C#N)cc4[nH]3)C2)cc1. The Morgan fingerprint density at radius 2 is 2.03 bits per heavy atom. The molecule has 9 heteroatoms. The second kappa shape index (κ2) is 8.14. The molecule has 1 N–H and O–H groups in total. The maximum absolute atomic E-state index is 14.5. The van der Waals surface area contributed by atoms with Gasteiger partial charge in [-0.15, -0.1) is 0 Å². The molecule has 4 rings (SSSR count). The number of hydrogen-bond donors (Lipinski definition) is 1. The fourth-order valence-corrected chi connectivity index (χ4v) is 4.21. The number of likely N-dealkylation sites (tertiary alicyclic amines) is 1. The minimum Gasteiger partial charge on any atom is -0.366 e. The fraction of sp³-hybridized carbons (Fsp3) is 0.333. The van der Waals surface area contributed by atoms with Crippen molar-refractivity contribution >= 4 is 20.9 Å². The zero-order chi connectivity index (χ0) is 21.3. The van der Waals surface area contributed by atoms with Gasteiger partial charge in [-0.3, -0.25) is 4.90 Å². The molecule has 1 fully saturated rings. The van der Waals surface area contributed by atoms with Gasteiger partial charge in [-0.05, 0) is 35.9 Å². The molecule has 3 aromatic rings. The van der Waals surface area contributed by atoms with E-state index in [1.54, 1.807) is 42.5 Å². The Hall–Kier alpha value is -2.80. The number of alkyl halides is 1. The third kappa shape index (κ3) is 4.51. The summed E-state index contributed by atoms with van der Waals surface area (Å²) in [6, 6.07) is 13.9. The van der Waals surface area contributed by atoms with E-state index in [2.05, 4.69) is 16.0 Å². The van der Waals surface area contributed by atoms with Crippen LogP contribution < -0.4 is 0 Å². The summed E-state index contributed by atoms with van der Waals surface area (Å²) in [7, 11) is -3.23. The van der Waals surface area contributed by atoms with E-state index in [-0.39, 0.29) is 18.0 Å².